The van der Waals surface area contributed by atoms with E-state index in [9.17, 15) is 9.59 Å². The van der Waals surface area contributed by atoms with Crippen LogP contribution < -0.4 is 5.56 Å². The number of hydrogen-bond donors (Lipinski definition) is 1. The molecule has 0 radical (unpaired) electrons. The Morgan fingerprint density at radius 2 is 1.74 bits per heavy atom. The zero-order chi connectivity index (χ0) is 21.5. The van der Waals surface area contributed by atoms with Gasteiger partial charge < -0.3 is 9.88 Å². The van der Waals surface area contributed by atoms with E-state index in [1.54, 1.807) is 6.07 Å². The molecule has 1 fully saturated rings. The van der Waals surface area contributed by atoms with Crippen LogP contribution in [0.15, 0.2) is 65.5 Å². The molecule has 1 aliphatic rings. The Balaban J connectivity index is 1.20. The van der Waals surface area contributed by atoms with Crippen molar-refractivity contribution in [2.45, 2.75) is 19.3 Å². The summed E-state index contributed by atoms with van der Waals surface area (Å²) in [6.07, 6.45) is 6.08. The van der Waals surface area contributed by atoms with Crippen LogP contribution in [-0.4, -0.2) is 58.4 Å². The zero-order valence-corrected chi connectivity index (χ0v) is 17.7. The average molecular weight is 417 g/mol. The molecule has 0 saturated carbocycles. The number of fused-ring (bicyclic) bond motifs is 1. The van der Waals surface area contributed by atoms with Gasteiger partial charge in [0.15, 0.2) is 0 Å². The van der Waals surface area contributed by atoms with Gasteiger partial charge in [0.05, 0.1) is 10.9 Å². The molecule has 2 heterocycles. The van der Waals surface area contributed by atoms with Crippen molar-refractivity contribution in [3.05, 3.63) is 82.4 Å². The summed E-state index contributed by atoms with van der Waals surface area (Å²) in [5.74, 6) is 0.828. The van der Waals surface area contributed by atoms with Crippen molar-refractivity contribution in [2.24, 2.45) is 0 Å². The number of H-pyrrole nitrogens is 1. The number of aromatic nitrogens is 2. The van der Waals surface area contributed by atoms with E-state index in [2.05, 4.69) is 39.2 Å². The van der Waals surface area contributed by atoms with Crippen LogP contribution >= 0.6 is 0 Å². The molecule has 6 nitrogen and oxygen atoms in total. The Morgan fingerprint density at radius 1 is 1.00 bits per heavy atom. The van der Waals surface area contributed by atoms with Crippen molar-refractivity contribution in [1.29, 1.82) is 0 Å². The van der Waals surface area contributed by atoms with Gasteiger partial charge in [0.25, 0.3) is 5.56 Å². The van der Waals surface area contributed by atoms with Crippen LogP contribution in [0.4, 0.5) is 0 Å². The van der Waals surface area contributed by atoms with Gasteiger partial charge in [-0.15, -0.1) is 0 Å². The molecule has 160 valence electrons. The number of piperazine rings is 1. The van der Waals surface area contributed by atoms with Gasteiger partial charge in [0.1, 0.15) is 5.82 Å². The van der Waals surface area contributed by atoms with Crippen molar-refractivity contribution in [3.63, 3.8) is 0 Å². The summed E-state index contributed by atoms with van der Waals surface area (Å²) >= 11 is 0. The van der Waals surface area contributed by atoms with E-state index < -0.39 is 0 Å². The number of carbonyl (C=O) groups excluding carboxylic acids is 1. The maximum atomic E-state index is 12.6. The number of nitrogens with one attached hydrogen (secondary N) is 1. The van der Waals surface area contributed by atoms with Crippen LogP contribution in [0, 0.1) is 0 Å². The smallest absolute Gasteiger partial charge is 0.258 e. The standard InChI is InChI=1S/C25H28N4O2/c30-24(14-6-13-23-26-22-12-5-4-11-21(22)25(31)27-23)29-18-16-28(17-19-29)15-7-10-20-8-2-1-3-9-20/h1-5,7-12H,6,13-19H2,(H,26,27,31). The van der Waals surface area contributed by atoms with Crippen molar-refractivity contribution >= 4 is 22.9 Å². The van der Waals surface area contributed by atoms with Crippen LogP contribution in [0.5, 0.6) is 0 Å². The van der Waals surface area contributed by atoms with Gasteiger partial charge in [-0.1, -0.05) is 54.6 Å². The summed E-state index contributed by atoms with van der Waals surface area (Å²) < 4.78 is 0. The predicted octanol–water partition coefficient (Wildman–Crippen LogP) is 3.10. The van der Waals surface area contributed by atoms with Gasteiger partial charge in [-0.05, 0) is 24.1 Å². The largest absolute Gasteiger partial charge is 0.340 e. The van der Waals surface area contributed by atoms with Crippen LogP contribution in [0.3, 0.4) is 0 Å². The minimum Gasteiger partial charge on any atom is -0.340 e. The second kappa shape index (κ2) is 10.2. The molecule has 1 aliphatic heterocycles. The van der Waals surface area contributed by atoms with Crippen molar-refractivity contribution in [3.8, 4) is 0 Å². The minimum atomic E-state index is -0.121. The molecule has 4 rings (SSSR count). The first-order valence-electron chi connectivity index (χ1n) is 10.9. The van der Waals surface area contributed by atoms with Crippen LogP contribution in [0.25, 0.3) is 17.0 Å². The lowest BCUT2D eigenvalue weighted by Crippen LogP contribution is -2.48. The molecule has 0 unspecified atom stereocenters. The molecular weight excluding hydrogens is 388 g/mol. The first-order chi connectivity index (χ1) is 15.2. The summed E-state index contributed by atoms with van der Waals surface area (Å²) in [6, 6.07) is 17.6. The molecule has 31 heavy (non-hydrogen) atoms. The maximum absolute atomic E-state index is 12.6. The Morgan fingerprint density at radius 3 is 2.55 bits per heavy atom. The highest BCUT2D eigenvalue weighted by Gasteiger charge is 2.20. The Bertz CT molecular complexity index is 1100. The number of carbonyl (C=O) groups is 1. The summed E-state index contributed by atoms with van der Waals surface area (Å²) in [5.41, 5.74) is 1.79. The number of benzene rings is 2. The van der Waals surface area contributed by atoms with E-state index in [4.69, 9.17) is 0 Å². The summed E-state index contributed by atoms with van der Waals surface area (Å²) in [7, 11) is 0. The number of nitrogens with zero attached hydrogens (tertiary/aromatic N) is 3. The van der Waals surface area contributed by atoms with Gasteiger partial charge in [-0.2, -0.15) is 0 Å². The monoisotopic (exact) mass is 416 g/mol. The summed E-state index contributed by atoms with van der Waals surface area (Å²) in [4.78, 5) is 36.4. The van der Waals surface area contributed by atoms with E-state index in [1.165, 1.54) is 5.56 Å². The number of aryl methyl sites for hydroxylation is 1. The van der Waals surface area contributed by atoms with Crippen molar-refractivity contribution in [2.75, 3.05) is 32.7 Å². The van der Waals surface area contributed by atoms with E-state index >= 15 is 0 Å². The summed E-state index contributed by atoms with van der Waals surface area (Å²) in [6.45, 7) is 4.22. The molecule has 0 aliphatic carbocycles. The number of para-hydroxylation sites is 1. The van der Waals surface area contributed by atoms with Gasteiger partial charge >= 0.3 is 0 Å². The Hall–Kier alpha value is -3.25. The Labute approximate surface area is 182 Å². The molecule has 6 heteroatoms. The molecule has 1 aromatic heterocycles. The second-order valence-electron chi connectivity index (χ2n) is 7.88. The molecule has 1 N–H and O–H groups in total. The minimum absolute atomic E-state index is 0.121. The fourth-order valence-electron chi connectivity index (χ4n) is 3.90. The molecule has 0 bridgehead atoms. The Kier molecular flexibility index (Phi) is 6.89. The molecule has 1 saturated heterocycles. The predicted molar refractivity (Wildman–Crippen MR) is 124 cm³/mol. The van der Waals surface area contributed by atoms with Crippen LogP contribution in [0.1, 0.15) is 24.2 Å². The molecule has 1 amide bonds. The first kappa shape index (κ1) is 21.0. The third kappa shape index (κ3) is 5.67. The SMILES string of the molecule is O=C(CCCc1nc2ccccc2c(=O)[nH]1)N1CCN(CC=Cc2ccccc2)CC1. The van der Waals surface area contributed by atoms with Crippen molar-refractivity contribution in [1.82, 2.24) is 19.8 Å². The lowest BCUT2D eigenvalue weighted by Gasteiger charge is -2.34. The van der Waals surface area contributed by atoms with Crippen LogP contribution in [-0.2, 0) is 11.2 Å². The summed E-state index contributed by atoms with van der Waals surface area (Å²) in [5, 5.41) is 0.596. The number of aromatic amines is 1. The van der Waals surface area contributed by atoms with Gasteiger partial charge in [-0.25, -0.2) is 4.98 Å². The normalized spacial score (nSPS) is 15.0. The van der Waals surface area contributed by atoms with E-state index in [1.807, 2.05) is 41.3 Å². The number of amides is 1. The van der Waals surface area contributed by atoms with Gasteiger partial charge in [0.2, 0.25) is 5.91 Å². The fraction of sp³-hybridized carbons (Fsp3) is 0.320. The fourth-order valence-corrected chi connectivity index (χ4v) is 3.90. The highest BCUT2D eigenvalue weighted by molar-refractivity contribution is 5.77. The van der Waals surface area contributed by atoms with Gasteiger partial charge in [0, 0.05) is 45.6 Å². The first-order valence-corrected chi connectivity index (χ1v) is 10.9. The third-order valence-electron chi connectivity index (χ3n) is 5.66. The lowest BCUT2D eigenvalue weighted by atomic mass is 10.2. The molecule has 2 aromatic carbocycles. The van der Waals surface area contributed by atoms with E-state index in [0.29, 0.717) is 36.0 Å². The topological polar surface area (TPSA) is 69.3 Å². The molecule has 0 spiro atoms. The van der Waals surface area contributed by atoms with E-state index in [-0.39, 0.29) is 11.5 Å². The van der Waals surface area contributed by atoms with E-state index in [0.717, 1.165) is 32.7 Å². The maximum Gasteiger partial charge on any atom is 0.258 e. The van der Waals surface area contributed by atoms with Crippen LogP contribution in [0.2, 0.25) is 0 Å². The number of hydrogen-bond acceptors (Lipinski definition) is 4. The van der Waals surface area contributed by atoms with Crippen molar-refractivity contribution < 1.29 is 4.79 Å². The quantitative estimate of drug-likeness (QED) is 0.643. The van der Waals surface area contributed by atoms with Gasteiger partial charge in [-0.3, -0.25) is 14.5 Å². The number of rotatable bonds is 7. The molecule has 3 aromatic rings. The zero-order valence-electron chi connectivity index (χ0n) is 17.7. The molecular formula is C25H28N4O2. The highest BCUT2D eigenvalue weighted by atomic mass is 16.2. The highest BCUT2D eigenvalue weighted by Crippen LogP contribution is 2.10. The molecule has 0 atom stereocenters. The lowest BCUT2D eigenvalue weighted by molar-refractivity contribution is -0.132. The average Bonchev–Trinajstić information content (AvgIpc) is 2.80. The second-order valence-corrected chi connectivity index (χ2v) is 7.88. The third-order valence-corrected chi connectivity index (χ3v) is 5.66.